The maximum absolute atomic E-state index is 11.7. The van der Waals surface area contributed by atoms with Gasteiger partial charge in [0.1, 0.15) is 0 Å². The lowest BCUT2D eigenvalue weighted by molar-refractivity contribution is 0.262. The normalized spacial score (nSPS) is 9.71. The number of carbonyl (C=O) groups excluding carboxylic acids is 1. The van der Waals surface area contributed by atoms with Crippen molar-refractivity contribution >= 4 is 17.4 Å². The largest absolute Gasteiger partial charge is 0.323 e. The molecule has 0 saturated carbocycles. The van der Waals surface area contributed by atoms with E-state index < -0.39 is 0 Å². The molecule has 0 atom stereocenters. The summed E-state index contributed by atoms with van der Waals surface area (Å²) in [5, 5.41) is 5.53. The van der Waals surface area contributed by atoms with Gasteiger partial charge in [0.05, 0.1) is 0 Å². The fourth-order valence-electron chi connectivity index (χ4n) is 1.47. The quantitative estimate of drug-likeness (QED) is 0.807. The van der Waals surface area contributed by atoms with Crippen molar-refractivity contribution in [3.05, 3.63) is 60.2 Å². The number of aryl methyl sites for hydroxylation is 1. The highest BCUT2D eigenvalue weighted by molar-refractivity contribution is 6.00. The van der Waals surface area contributed by atoms with Crippen LogP contribution in [0.4, 0.5) is 16.2 Å². The van der Waals surface area contributed by atoms with E-state index in [1.165, 1.54) is 0 Å². The minimum absolute atomic E-state index is 0.251. The number of hydrogen-bond acceptors (Lipinski definition) is 1. The van der Waals surface area contributed by atoms with Crippen LogP contribution in [-0.2, 0) is 0 Å². The predicted molar refractivity (Wildman–Crippen MR) is 69.1 cm³/mol. The zero-order valence-electron chi connectivity index (χ0n) is 9.53. The Kier molecular flexibility index (Phi) is 3.40. The number of para-hydroxylation sites is 1. The molecule has 0 heterocycles. The molecule has 3 heteroatoms. The van der Waals surface area contributed by atoms with E-state index in [1.807, 2.05) is 43.3 Å². The molecule has 2 rings (SSSR count). The van der Waals surface area contributed by atoms with Gasteiger partial charge in [-0.05, 0) is 36.8 Å². The molecule has 0 unspecified atom stereocenters. The molecule has 0 aliphatic rings. The van der Waals surface area contributed by atoms with Crippen molar-refractivity contribution in [1.82, 2.24) is 0 Å². The van der Waals surface area contributed by atoms with Crippen molar-refractivity contribution in [3.8, 4) is 0 Å². The average Bonchev–Trinajstić information content (AvgIpc) is 2.33. The number of nitrogens with one attached hydrogen (secondary N) is 2. The lowest BCUT2D eigenvalue weighted by Crippen LogP contribution is -2.19. The lowest BCUT2D eigenvalue weighted by Gasteiger charge is -2.09. The summed E-state index contributed by atoms with van der Waals surface area (Å²) in [6.07, 6.45) is 0. The number of amides is 2. The maximum Gasteiger partial charge on any atom is 0.323 e. The van der Waals surface area contributed by atoms with Crippen LogP contribution in [-0.4, -0.2) is 6.03 Å². The molecule has 1 radical (unpaired) electrons. The van der Waals surface area contributed by atoms with E-state index in [1.54, 1.807) is 12.1 Å². The van der Waals surface area contributed by atoms with Gasteiger partial charge in [-0.3, -0.25) is 0 Å². The molecule has 0 bridgehead atoms. The van der Waals surface area contributed by atoms with E-state index in [9.17, 15) is 4.79 Å². The monoisotopic (exact) mass is 225 g/mol. The van der Waals surface area contributed by atoms with Crippen molar-refractivity contribution in [1.29, 1.82) is 0 Å². The highest BCUT2D eigenvalue weighted by atomic mass is 16.2. The fourth-order valence-corrected chi connectivity index (χ4v) is 1.47. The standard InChI is InChI=1S/C14H13N2O/c1-11-7-5-6-10-13(11)16-14(17)15-12-8-3-2-4-9-12/h2-3,5-10H,1H3,(H2,15,16,17). The predicted octanol–water partition coefficient (Wildman–Crippen LogP) is 3.44. The van der Waals surface area contributed by atoms with E-state index >= 15 is 0 Å². The number of hydrogen-bond donors (Lipinski definition) is 2. The van der Waals surface area contributed by atoms with Crippen LogP contribution >= 0.6 is 0 Å². The zero-order chi connectivity index (χ0) is 12.1. The Morgan fingerprint density at radius 2 is 1.94 bits per heavy atom. The van der Waals surface area contributed by atoms with Gasteiger partial charge in [0.15, 0.2) is 0 Å². The Morgan fingerprint density at radius 3 is 2.65 bits per heavy atom. The van der Waals surface area contributed by atoms with Crippen LogP contribution in [0.5, 0.6) is 0 Å². The first-order chi connectivity index (χ1) is 8.25. The van der Waals surface area contributed by atoms with Crippen LogP contribution in [0.2, 0.25) is 0 Å². The summed E-state index contributed by atoms with van der Waals surface area (Å²) < 4.78 is 0. The molecule has 0 spiro atoms. The molecule has 0 aliphatic carbocycles. The van der Waals surface area contributed by atoms with E-state index in [0.29, 0.717) is 0 Å². The first kappa shape index (κ1) is 11.2. The van der Waals surface area contributed by atoms with Crippen molar-refractivity contribution in [3.63, 3.8) is 0 Å². The van der Waals surface area contributed by atoms with Gasteiger partial charge in [0.2, 0.25) is 0 Å². The van der Waals surface area contributed by atoms with E-state index in [-0.39, 0.29) is 6.03 Å². The van der Waals surface area contributed by atoms with Crippen molar-refractivity contribution in [2.75, 3.05) is 10.6 Å². The molecule has 17 heavy (non-hydrogen) atoms. The molecule has 85 valence electrons. The van der Waals surface area contributed by atoms with Gasteiger partial charge in [-0.15, -0.1) is 0 Å². The molecular weight excluding hydrogens is 212 g/mol. The first-order valence-corrected chi connectivity index (χ1v) is 5.35. The highest BCUT2D eigenvalue weighted by Crippen LogP contribution is 2.13. The Morgan fingerprint density at radius 1 is 1.12 bits per heavy atom. The Hall–Kier alpha value is -2.29. The summed E-state index contributed by atoms with van der Waals surface area (Å²) in [7, 11) is 0. The van der Waals surface area contributed by atoms with E-state index in [0.717, 1.165) is 16.9 Å². The number of carbonyl (C=O) groups is 1. The zero-order valence-corrected chi connectivity index (χ0v) is 9.53. The molecule has 0 aromatic heterocycles. The fraction of sp³-hybridized carbons (Fsp3) is 0.0714. The van der Waals surface area contributed by atoms with Crippen LogP contribution in [0.25, 0.3) is 0 Å². The Bertz CT molecular complexity index is 509. The molecule has 2 amide bonds. The van der Waals surface area contributed by atoms with Crippen molar-refractivity contribution in [2.45, 2.75) is 6.92 Å². The highest BCUT2D eigenvalue weighted by Gasteiger charge is 2.03. The van der Waals surface area contributed by atoms with Gasteiger partial charge >= 0.3 is 6.03 Å². The maximum atomic E-state index is 11.7. The molecule has 0 aliphatic heterocycles. The lowest BCUT2D eigenvalue weighted by atomic mass is 10.2. The molecule has 3 nitrogen and oxygen atoms in total. The van der Waals surface area contributed by atoms with Gasteiger partial charge in [0.25, 0.3) is 0 Å². The summed E-state index contributed by atoms with van der Waals surface area (Å²) in [6.45, 7) is 1.95. The summed E-state index contributed by atoms with van der Waals surface area (Å²) in [5.74, 6) is 0. The Labute approximate surface area is 100 Å². The summed E-state index contributed by atoms with van der Waals surface area (Å²) in [6, 6.07) is 17.4. The number of rotatable bonds is 2. The third-order valence-corrected chi connectivity index (χ3v) is 2.36. The minimum atomic E-state index is -0.251. The van der Waals surface area contributed by atoms with Crippen LogP contribution in [0, 0.1) is 13.0 Å². The third kappa shape index (κ3) is 3.08. The van der Waals surface area contributed by atoms with Crippen molar-refractivity contribution < 1.29 is 4.79 Å². The molecular formula is C14H13N2O. The van der Waals surface area contributed by atoms with Gasteiger partial charge in [0, 0.05) is 11.4 Å². The second-order valence-electron chi connectivity index (χ2n) is 3.69. The van der Waals surface area contributed by atoms with Gasteiger partial charge in [-0.1, -0.05) is 30.3 Å². The topological polar surface area (TPSA) is 41.1 Å². The van der Waals surface area contributed by atoms with Gasteiger partial charge < -0.3 is 10.6 Å². The molecule has 2 aromatic rings. The third-order valence-electron chi connectivity index (χ3n) is 2.36. The summed E-state index contributed by atoms with van der Waals surface area (Å²) in [4.78, 5) is 11.7. The second kappa shape index (κ2) is 5.16. The van der Waals surface area contributed by atoms with Crippen LogP contribution in [0.3, 0.4) is 0 Å². The smallest absolute Gasteiger partial charge is 0.308 e. The Balaban J connectivity index is 2.01. The molecule has 0 fully saturated rings. The first-order valence-electron chi connectivity index (χ1n) is 5.35. The van der Waals surface area contributed by atoms with Crippen LogP contribution < -0.4 is 10.6 Å². The number of urea groups is 1. The minimum Gasteiger partial charge on any atom is -0.308 e. The number of anilines is 2. The molecule has 2 N–H and O–H groups in total. The SMILES string of the molecule is Cc1ccccc1NC(=O)Nc1c[c]ccc1. The summed E-state index contributed by atoms with van der Waals surface area (Å²) >= 11 is 0. The second-order valence-corrected chi connectivity index (χ2v) is 3.69. The molecule has 0 saturated heterocycles. The van der Waals surface area contributed by atoms with Crippen LogP contribution in [0.1, 0.15) is 5.56 Å². The summed E-state index contributed by atoms with van der Waals surface area (Å²) in [5.41, 5.74) is 2.56. The van der Waals surface area contributed by atoms with E-state index in [4.69, 9.17) is 0 Å². The van der Waals surface area contributed by atoms with Crippen LogP contribution in [0.15, 0.2) is 48.5 Å². The van der Waals surface area contributed by atoms with Gasteiger partial charge in [-0.2, -0.15) is 0 Å². The average molecular weight is 225 g/mol. The molecule has 2 aromatic carbocycles. The van der Waals surface area contributed by atoms with E-state index in [2.05, 4.69) is 16.7 Å². The van der Waals surface area contributed by atoms with Crippen molar-refractivity contribution in [2.24, 2.45) is 0 Å². The number of benzene rings is 2. The van der Waals surface area contributed by atoms with Gasteiger partial charge in [-0.25, -0.2) is 4.79 Å².